The Morgan fingerprint density at radius 1 is 1.35 bits per heavy atom. The zero-order chi connectivity index (χ0) is 12.9. The van der Waals surface area contributed by atoms with E-state index in [-0.39, 0.29) is 0 Å². The first-order chi connectivity index (χ1) is 7.95. The number of hydrogen-bond donors (Lipinski definition) is 1. The summed E-state index contributed by atoms with van der Waals surface area (Å²) >= 11 is 3.38. The largest absolute Gasteiger partial charge is 0.301 e. The van der Waals surface area contributed by atoms with Crippen LogP contribution < -0.4 is 4.72 Å². The lowest BCUT2D eigenvalue weighted by atomic mass is 10.1. The molecule has 4 nitrogen and oxygen atoms in total. The second-order valence-corrected chi connectivity index (χ2v) is 6.56. The van der Waals surface area contributed by atoms with Gasteiger partial charge in [-0.05, 0) is 30.5 Å². The summed E-state index contributed by atoms with van der Waals surface area (Å²) in [4.78, 5) is 0. The molecule has 0 spiro atoms. The Balaban J connectivity index is 2.79. The molecule has 0 radical (unpaired) electrons. The van der Waals surface area contributed by atoms with Crippen LogP contribution in [-0.2, 0) is 16.6 Å². The van der Waals surface area contributed by atoms with Gasteiger partial charge in [0.05, 0.1) is 5.69 Å². The van der Waals surface area contributed by atoms with E-state index in [2.05, 4.69) is 20.7 Å². The van der Waals surface area contributed by atoms with E-state index in [1.165, 1.54) is 14.1 Å². The minimum Gasteiger partial charge on any atom is -0.271 e. The number of benzene rings is 1. The number of hydrogen-bond acceptors (Lipinski definition) is 2. The van der Waals surface area contributed by atoms with E-state index in [0.29, 0.717) is 5.69 Å². The number of halogens is 1. The molecule has 1 rings (SSSR count). The van der Waals surface area contributed by atoms with Gasteiger partial charge in [0.2, 0.25) is 0 Å². The molecule has 1 N–H and O–H groups in total. The number of anilines is 1. The molecule has 1 aromatic rings. The number of alkyl halides is 1. The Morgan fingerprint density at radius 3 is 2.65 bits per heavy atom. The predicted molar refractivity (Wildman–Crippen MR) is 74.8 cm³/mol. The van der Waals surface area contributed by atoms with Gasteiger partial charge in [0.1, 0.15) is 0 Å². The molecule has 6 heteroatoms. The van der Waals surface area contributed by atoms with Gasteiger partial charge in [-0.3, -0.25) is 4.72 Å². The standard InChI is InChI=1S/C11H17BrN2O2S/c1-14(2)17(15,16)13-11-7-3-5-10(9-11)6-4-8-12/h3,5,7,9,13H,4,6,8H2,1-2H3. The van der Waals surface area contributed by atoms with E-state index in [9.17, 15) is 8.42 Å². The van der Waals surface area contributed by atoms with Crippen molar-refractivity contribution in [2.24, 2.45) is 0 Å². The van der Waals surface area contributed by atoms with Crippen LogP contribution in [0.5, 0.6) is 0 Å². The first-order valence-electron chi connectivity index (χ1n) is 5.31. The van der Waals surface area contributed by atoms with Crippen molar-refractivity contribution in [1.29, 1.82) is 0 Å². The molecule has 0 aliphatic heterocycles. The van der Waals surface area contributed by atoms with Gasteiger partial charge in [-0.1, -0.05) is 28.1 Å². The van der Waals surface area contributed by atoms with Crippen LogP contribution in [0.1, 0.15) is 12.0 Å². The summed E-state index contributed by atoms with van der Waals surface area (Å²) in [6.07, 6.45) is 1.96. The van der Waals surface area contributed by atoms with Crippen LogP contribution in [0, 0.1) is 0 Å². The first-order valence-corrected chi connectivity index (χ1v) is 7.87. The Hall–Kier alpha value is -0.590. The molecule has 0 unspecified atom stereocenters. The van der Waals surface area contributed by atoms with Crippen LogP contribution in [-0.4, -0.2) is 32.1 Å². The predicted octanol–water partition coefficient (Wildman–Crippen LogP) is 2.23. The smallest absolute Gasteiger partial charge is 0.271 e. The lowest BCUT2D eigenvalue weighted by Gasteiger charge is -2.13. The van der Waals surface area contributed by atoms with Gasteiger partial charge in [-0.15, -0.1) is 0 Å². The van der Waals surface area contributed by atoms with Crippen LogP contribution in [0.25, 0.3) is 0 Å². The first kappa shape index (κ1) is 14.5. The molecule has 0 fully saturated rings. The van der Waals surface area contributed by atoms with Gasteiger partial charge in [0.15, 0.2) is 0 Å². The molecule has 0 aromatic heterocycles. The lowest BCUT2D eigenvalue weighted by molar-refractivity contribution is 0.527. The quantitative estimate of drug-likeness (QED) is 0.817. The molecular weight excluding hydrogens is 304 g/mol. The zero-order valence-electron chi connectivity index (χ0n) is 9.98. The summed E-state index contributed by atoms with van der Waals surface area (Å²) in [7, 11) is -0.420. The van der Waals surface area contributed by atoms with Crippen molar-refractivity contribution in [2.45, 2.75) is 12.8 Å². The van der Waals surface area contributed by atoms with Crippen molar-refractivity contribution in [3.63, 3.8) is 0 Å². The summed E-state index contributed by atoms with van der Waals surface area (Å²) < 4.78 is 26.9. The third-order valence-corrected chi connectivity index (χ3v) is 4.27. The minimum absolute atomic E-state index is 0.603. The molecule has 0 aliphatic carbocycles. The monoisotopic (exact) mass is 320 g/mol. The molecule has 0 atom stereocenters. The lowest BCUT2D eigenvalue weighted by Crippen LogP contribution is -2.28. The van der Waals surface area contributed by atoms with Crippen molar-refractivity contribution >= 4 is 31.8 Å². The molecule has 96 valence electrons. The Kier molecular flexibility index (Phi) is 5.42. The molecule has 0 aliphatic rings. The molecule has 0 bridgehead atoms. The molecule has 17 heavy (non-hydrogen) atoms. The van der Waals surface area contributed by atoms with Crippen molar-refractivity contribution in [3.05, 3.63) is 29.8 Å². The molecule has 0 amide bonds. The fourth-order valence-electron chi connectivity index (χ4n) is 1.30. The Labute approximate surface area is 111 Å². The fourth-order valence-corrected chi connectivity index (χ4v) is 2.19. The van der Waals surface area contributed by atoms with E-state index in [1.807, 2.05) is 18.2 Å². The van der Waals surface area contributed by atoms with Crippen LogP contribution >= 0.6 is 15.9 Å². The number of aryl methyl sites for hydroxylation is 1. The van der Waals surface area contributed by atoms with Gasteiger partial charge in [-0.25, -0.2) is 0 Å². The molecule has 0 heterocycles. The van der Waals surface area contributed by atoms with Crippen LogP contribution in [0.15, 0.2) is 24.3 Å². The Morgan fingerprint density at radius 2 is 2.06 bits per heavy atom. The molecule has 0 saturated heterocycles. The fraction of sp³-hybridized carbons (Fsp3) is 0.455. The van der Waals surface area contributed by atoms with Crippen molar-refractivity contribution < 1.29 is 8.42 Å². The summed E-state index contributed by atoms with van der Waals surface area (Å²) in [6.45, 7) is 0. The topological polar surface area (TPSA) is 49.4 Å². The van der Waals surface area contributed by atoms with E-state index >= 15 is 0 Å². The second kappa shape index (κ2) is 6.37. The maximum Gasteiger partial charge on any atom is 0.301 e. The normalized spacial score (nSPS) is 11.8. The Bertz CT molecular complexity index is 460. The average molecular weight is 321 g/mol. The number of nitrogens with one attached hydrogen (secondary N) is 1. The summed E-state index contributed by atoms with van der Waals surface area (Å²) in [6, 6.07) is 7.47. The maximum absolute atomic E-state index is 11.6. The van der Waals surface area contributed by atoms with Gasteiger partial charge in [-0.2, -0.15) is 12.7 Å². The van der Waals surface area contributed by atoms with E-state index < -0.39 is 10.2 Å². The summed E-state index contributed by atoms with van der Waals surface area (Å²) in [5.74, 6) is 0. The molecule has 1 aromatic carbocycles. The highest BCUT2D eigenvalue weighted by atomic mass is 79.9. The summed E-state index contributed by atoms with van der Waals surface area (Å²) in [5.41, 5.74) is 1.73. The average Bonchev–Trinajstić information content (AvgIpc) is 2.26. The third kappa shape index (κ3) is 4.65. The van der Waals surface area contributed by atoms with E-state index in [0.717, 1.165) is 28.0 Å². The van der Waals surface area contributed by atoms with Gasteiger partial charge >= 0.3 is 10.2 Å². The highest BCUT2D eigenvalue weighted by molar-refractivity contribution is 9.09. The van der Waals surface area contributed by atoms with Gasteiger partial charge in [0.25, 0.3) is 0 Å². The van der Waals surface area contributed by atoms with E-state index in [1.54, 1.807) is 6.07 Å². The molecular formula is C11H17BrN2O2S. The van der Waals surface area contributed by atoms with Crippen LogP contribution in [0.2, 0.25) is 0 Å². The number of nitrogens with zero attached hydrogens (tertiary/aromatic N) is 1. The van der Waals surface area contributed by atoms with Crippen molar-refractivity contribution in [1.82, 2.24) is 4.31 Å². The van der Waals surface area contributed by atoms with Crippen molar-refractivity contribution in [2.75, 3.05) is 24.1 Å². The zero-order valence-corrected chi connectivity index (χ0v) is 12.4. The van der Waals surface area contributed by atoms with Gasteiger partial charge < -0.3 is 0 Å². The SMILES string of the molecule is CN(C)S(=O)(=O)Nc1cccc(CCCBr)c1. The van der Waals surface area contributed by atoms with Gasteiger partial charge in [0, 0.05) is 19.4 Å². The molecule has 0 saturated carbocycles. The van der Waals surface area contributed by atoms with Crippen molar-refractivity contribution in [3.8, 4) is 0 Å². The summed E-state index contributed by atoms with van der Waals surface area (Å²) in [5, 5.41) is 0.945. The van der Waals surface area contributed by atoms with E-state index in [4.69, 9.17) is 0 Å². The third-order valence-electron chi connectivity index (χ3n) is 2.25. The highest BCUT2D eigenvalue weighted by Gasteiger charge is 2.12. The second-order valence-electron chi connectivity index (χ2n) is 3.88. The van der Waals surface area contributed by atoms with Crippen LogP contribution in [0.3, 0.4) is 0 Å². The number of rotatable bonds is 6. The maximum atomic E-state index is 11.6. The van der Waals surface area contributed by atoms with Crippen LogP contribution in [0.4, 0.5) is 5.69 Å². The highest BCUT2D eigenvalue weighted by Crippen LogP contribution is 2.14. The minimum atomic E-state index is -3.41.